The second-order valence-electron chi connectivity index (χ2n) is 3.92. The number of carbonyl (C=O) groups is 1. The topological polar surface area (TPSA) is 61.1 Å². The fraction of sp³-hybridized carbons (Fsp3) is 0.333. The third kappa shape index (κ3) is 2.59. The van der Waals surface area contributed by atoms with Crippen LogP contribution in [0.5, 0.6) is 0 Å². The first-order valence-electron chi connectivity index (χ1n) is 4.97. The highest BCUT2D eigenvalue weighted by atomic mass is 19.2. The maximum atomic E-state index is 13.1. The van der Waals surface area contributed by atoms with Crippen molar-refractivity contribution in [2.24, 2.45) is 0 Å². The highest BCUT2D eigenvalue weighted by molar-refractivity contribution is 5.80. The SMILES string of the molecule is CC(CCC#N)(C(=O)O)c1ccc(F)c(F)c1. The second kappa shape index (κ2) is 4.91. The van der Waals surface area contributed by atoms with Gasteiger partial charge in [-0.05, 0) is 31.0 Å². The molecular weight excluding hydrogens is 228 g/mol. The van der Waals surface area contributed by atoms with E-state index in [0.717, 1.165) is 12.1 Å². The molecule has 0 aliphatic heterocycles. The Kier molecular flexibility index (Phi) is 3.79. The molecule has 0 aliphatic rings. The van der Waals surface area contributed by atoms with Gasteiger partial charge in [-0.1, -0.05) is 6.07 Å². The minimum atomic E-state index is -1.38. The molecule has 0 fully saturated rings. The van der Waals surface area contributed by atoms with Crippen LogP contribution in [0.3, 0.4) is 0 Å². The van der Waals surface area contributed by atoms with Gasteiger partial charge in [0.25, 0.3) is 0 Å². The van der Waals surface area contributed by atoms with Crippen molar-refractivity contribution in [3.63, 3.8) is 0 Å². The fourth-order valence-electron chi connectivity index (χ4n) is 1.52. The summed E-state index contributed by atoms with van der Waals surface area (Å²) in [4.78, 5) is 11.2. The van der Waals surface area contributed by atoms with Gasteiger partial charge in [0.1, 0.15) is 0 Å². The summed E-state index contributed by atoms with van der Waals surface area (Å²) in [6, 6.07) is 4.82. The van der Waals surface area contributed by atoms with E-state index in [1.807, 2.05) is 6.07 Å². The number of hydrogen-bond acceptors (Lipinski definition) is 2. The Morgan fingerprint density at radius 3 is 2.59 bits per heavy atom. The predicted octanol–water partition coefficient (Wildman–Crippen LogP) is 2.61. The first kappa shape index (κ1) is 13.1. The van der Waals surface area contributed by atoms with Crippen molar-refractivity contribution in [3.8, 4) is 6.07 Å². The van der Waals surface area contributed by atoms with Crippen molar-refractivity contribution in [3.05, 3.63) is 35.4 Å². The van der Waals surface area contributed by atoms with E-state index >= 15 is 0 Å². The normalized spacial score (nSPS) is 13.8. The van der Waals surface area contributed by atoms with E-state index in [1.165, 1.54) is 13.0 Å². The number of hydrogen-bond donors (Lipinski definition) is 1. The molecule has 0 spiro atoms. The lowest BCUT2D eigenvalue weighted by Crippen LogP contribution is -2.32. The van der Waals surface area contributed by atoms with Crippen LogP contribution in [0.2, 0.25) is 0 Å². The summed E-state index contributed by atoms with van der Waals surface area (Å²) in [5, 5.41) is 17.6. The molecule has 1 atom stereocenters. The van der Waals surface area contributed by atoms with Gasteiger partial charge in [0.2, 0.25) is 0 Å². The summed E-state index contributed by atoms with van der Waals surface area (Å²) in [5.41, 5.74) is -1.23. The Hall–Kier alpha value is -1.96. The van der Waals surface area contributed by atoms with Crippen LogP contribution < -0.4 is 0 Å². The minimum absolute atomic E-state index is 0.0296. The Morgan fingerprint density at radius 2 is 2.12 bits per heavy atom. The molecule has 0 aliphatic carbocycles. The quantitative estimate of drug-likeness (QED) is 0.878. The van der Waals surface area contributed by atoms with Gasteiger partial charge in [0.05, 0.1) is 11.5 Å². The molecule has 1 aromatic carbocycles. The van der Waals surface area contributed by atoms with Gasteiger partial charge in [0.15, 0.2) is 11.6 Å². The number of carboxylic acid groups (broad SMARTS) is 1. The average Bonchev–Trinajstić information content (AvgIpc) is 2.29. The van der Waals surface area contributed by atoms with Crippen LogP contribution >= 0.6 is 0 Å². The van der Waals surface area contributed by atoms with Crippen LogP contribution in [-0.2, 0) is 10.2 Å². The van der Waals surface area contributed by atoms with E-state index in [9.17, 15) is 13.6 Å². The molecule has 1 unspecified atom stereocenters. The molecule has 0 saturated carbocycles. The average molecular weight is 239 g/mol. The molecule has 1 rings (SSSR count). The maximum Gasteiger partial charge on any atom is 0.313 e. The standard InChI is InChI=1S/C12H11F2NO2/c1-12(11(16)17,5-2-6-15)8-3-4-9(13)10(14)7-8/h3-4,7H,2,5H2,1H3,(H,16,17). The molecule has 0 radical (unpaired) electrons. The van der Waals surface area contributed by atoms with Gasteiger partial charge in [-0.25, -0.2) is 8.78 Å². The number of nitrogens with zero attached hydrogens (tertiary/aromatic N) is 1. The van der Waals surface area contributed by atoms with Gasteiger partial charge in [-0.3, -0.25) is 4.79 Å². The lowest BCUT2D eigenvalue weighted by atomic mass is 9.78. The summed E-state index contributed by atoms with van der Waals surface area (Å²) >= 11 is 0. The molecule has 1 N–H and O–H groups in total. The van der Waals surface area contributed by atoms with Crippen LogP contribution in [0.15, 0.2) is 18.2 Å². The molecule has 0 aromatic heterocycles. The first-order chi connectivity index (χ1) is 7.91. The van der Waals surface area contributed by atoms with Crippen LogP contribution in [0.4, 0.5) is 8.78 Å². The van der Waals surface area contributed by atoms with Gasteiger partial charge >= 0.3 is 5.97 Å². The number of aliphatic carboxylic acids is 1. The summed E-state index contributed by atoms with van der Waals surface area (Å²) in [5.74, 6) is -3.28. The lowest BCUT2D eigenvalue weighted by molar-refractivity contribution is -0.143. The van der Waals surface area contributed by atoms with E-state index in [-0.39, 0.29) is 18.4 Å². The zero-order valence-electron chi connectivity index (χ0n) is 9.20. The van der Waals surface area contributed by atoms with Crippen LogP contribution in [-0.4, -0.2) is 11.1 Å². The number of halogens is 2. The Bertz CT molecular complexity index is 482. The first-order valence-corrected chi connectivity index (χ1v) is 4.97. The Labute approximate surface area is 97.3 Å². The minimum Gasteiger partial charge on any atom is -0.481 e. The largest absolute Gasteiger partial charge is 0.481 e. The smallest absolute Gasteiger partial charge is 0.313 e. The van der Waals surface area contributed by atoms with Crippen molar-refractivity contribution < 1.29 is 18.7 Å². The monoisotopic (exact) mass is 239 g/mol. The van der Waals surface area contributed by atoms with E-state index in [0.29, 0.717) is 0 Å². The molecule has 0 heterocycles. The molecule has 0 amide bonds. The summed E-state index contributed by atoms with van der Waals surface area (Å²) in [6.07, 6.45) is 0.0751. The lowest BCUT2D eigenvalue weighted by Gasteiger charge is -2.24. The zero-order chi connectivity index (χ0) is 13.1. The number of rotatable bonds is 4. The third-order valence-electron chi connectivity index (χ3n) is 2.77. The van der Waals surface area contributed by atoms with Crippen molar-refractivity contribution in [2.75, 3.05) is 0 Å². The van der Waals surface area contributed by atoms with Crippen molar-refractivity contribution >= 4 is 5.97 Å². The zero-order valence-corrected chi connectivity index (χ0v) is 9.20. The van der Waals surface area contributed by atoms with Crippen molar-refractivity contribution in [1.82, 2.24) is 0 Å². The van der Waals surface area contributed by atoms with Gasteiger partial charge in [0, 0.05) is 6.42 Å². The fourth-order valence-corrected chi connectivity index (χ4v) is 1.52. The van der Waals surface area contributed by atoms with Crippen molar-refractivity contribution in [1.29, 1.82) is 5.26 Å². The molecule has 90 valence electrons. The predicted molar refractivity (Wildman–Crippen MR) is 56.2 cm³/mol. The summed E-state index contributed by atoms with van der Waals surface area (Å²) < 4.78 is 25.8. The van der Waals surface area contributed by atoms with E-state index in [4.69, 9.17) is 10.4 Å². The summed E-state index contributed by atoms with van der Waals surface area (Å²) in [6.45, 7) is 1.39. The van der Waals surface area contributed by atoms with Gasteiger partial charge in [-0.2, -0.15) is 5.26 Å². The van der Waals surface area contributed by atoms with Gasteiger partial charge in [-0.15, -0.1) is 0 Å². The van der Waals surface area contributed by atoms with E-state index < -0.39 is 23.0 Å². The highest BCUT2D eigenvalue weighted by Crippen LogP contribution is 2.30. The van der Waals surface area contributed by atoms with Crippen LogP contribution in [0.25, 0.3) is 0 Å². The second-order valence-corrected chi connectivity index (χ2v) is 3.92. The van der Waals surface area contributed by atoms with Gasteiger partial charge < -0.3 is 5.11 Å². The van der Waals surface area contributed by atoms with E-state index in [1.54, 1.807) is 0 Å². The molecule has 3 nitrogen and oxygen atoms in total. The number of nitriles is 1. The Balaban J connectivity index is 3.18. The third-order valence-corrected chi connectivity index (χ3v) is 2.77. The molecule has 1 aromatic rings. The highest BCUT2D eigenvalue weighted by Gasteiger charge is 2.35. The molecule has 0 bridgehead atoms. The van der Waals surface area contributed by atoms with E-state index in [2.05, 4.69) is 0 Å². The molecular formula is C12H11F2NO2. The van der Waals surface area contributed by atoms with Crippen molar-refractivity contribution in [2.45, 2.75) is 25.2 Å². The molecule has 17 heavy (non-hydrogen) atoms. The molecule has 5 heteroatoms. The van der Waals surface area contributed by atoms with Crippen LogP contribution in [0, 0.1) is 23.0 Å². The molecule has 0 saturated heterocycles. The Morgan fingerprint density at radius 1 is 1.47 bits per heavy atom. The summed E-state index contributed by atoms with van der Waals surface area (Å²) in [7, 11) is 0. The number of carboxylic acids is 1. The number of benzene rings is 1. The maximum absolute atomic E-state index is 13.1. The van der Waals surface area contributed by atoms with Crippen LogP contribution in [0.1, 0.15) is 25.3 Å².